The first-order chi connectivity index (χ1) is 25.1. The molecule has 0 radical (unpaired) electrons. The Labute approximate surface area is 295 Å². The lowest BCUT2D eigenvalue weighted by Gasteiger charge is -2.42. The molecule has 3 N–H and O–H groups in total. The largest absolute Gasteiger partial charge is 0.491 e. The average Bonchev–Trinajstić information content (AvgIpc) is 3.84. The molecule has 0 amide bonds. The Hall–Kier alpha value is -5.17. The minimum atomic E-state index is -0.178. The summed E-state index contributed by atoms with van der Waals surface area (Å²) >= 11 is 0. The van der Waals surface area contributed by atoms with Gasteiger partial charge in [0.15, 0.2) is 8.46 Å². The highest BCUT2D eigenvalue weighted by Gasteiger charge is 2.31. The first-order valence-electron chi connectivity index (χ1n) is 17.5. The van der Waals surface area contributed by atoms with Gasteiger partial charge < -0.3 is 30.0 Å². The summed E-state index contributed by atoms with van der Waals surface area (Å²) < 4.78 is 26.3. The van der Waals surface area contributed by atoms with E-state index in [0.29, 0.717) is 52.1 Å². The molecule has 0 atom stereocenters. The van der Waals surface area contributed by atoms with Crippen LogP contribution in [0.25, 0.3) is 33.2 Å². The first kappa shape index (κ1) is 31.8. The number of anilines is 5. The molecule has 6 aromatic rings. The van der Waals surface area contributed by atoms with Gasteiger partial charge in [0.05, 0.1) is 59.3 Å². The summed E-state index contributed by atoms with van der Waals surface area (Å²) in [7, 11) is 1.77. The molecule has 0 unspecified atom stereocenters. The summed E-state index contributed by atoms with van der Waals surface area (Å²) in [6, 6.07) is 8.35. The van der Waals surface area contributed by atoms with Crippen LogP contribution in [0.15, 0.2) is 55.2 Å². The van der Waals surface area contributed by atoms with Crippen molar-refractivity contribution in [3.63, 3.8) is 0 Å². The number of rotatable bonds is 8. The van der Waals surface area contributed by atoms with Crippen LogP contribution < -0.4 is 25.6 Å². The van der Waals surface area contributed by atoms with Gasteiger partial charge in [0.25, 0.3) is 0 Å². The van der Waals surface area contributed by atoms with Crippen LogP contribution in [0.1, 0.15) is 24.8 Å². The van der Waals surface area contributed by atoms with Crippen LogP contribution in [0, 0.1) is 0 Å². The van der Waals surface area contributed by atoms with Gasteiger partial charge in [-0.05, 0) is 49.9 Å². The molecule has 0 saturated carbocycles. The topological polar surface area (TPSA) is 151 Å². The van der Waals surface area contributed by atoms with Crippen molar-refractivity contribution in [1.29, 1.82) is 0 Å². The summed E-state index contributed by atoms with van der Waals surface area (Å²) in [5.74, 6) is 1.78. The van der Waals surface area contributed by atoms with Gasteiger partial charge in [0, 0.05) is 80.7 Å². The molecule has 2 aromatic carbocycles. The molecule has 3 aliphatic rings. The molecular weight excluding hydrogens is 665 g/mol. The average molecular weight is 704 g/mol. The van der Waals surface area contributed by atoms with E-state index < -0.39 is 0 Å². The van der Waals surface area contributed by atoms with Crippen molar-refractivity contribution in [2.24, 2.45) is 7.05 Å². The first-order valence-corrected chi connectivity index (χ1v) is 18.3. The highest BCUT2D eigenvalue weighted by molar-refractivity contribution is 7.35. The number of benzene rings is 2. The van der Waals surface area contributed by atoms with Crippen molar-refractivity contribution in [3.05, 3.63) is 60.8 Å². The highest BCUT2D eigenvalue weighted by Crippen LogP contribution is 2.47. The molecule has 0 aliphatic carbocycles. The van der Waals surface area contributed by atoms with Gasteiger partial charge in [0.1, 0.15) is 22.7 Å². The Bertz CT molecular complexity index is 2240. The fourth-order valence-corrected chi connectivity index (χ4v) is 8.21. The SMILES string of the molecule is Cn1cc(-c2cc(Nc3nc(Nc4ccc5nccnc5c4P=O)c4cc[nH]c4n3)c3c(c2N2CCC(N4CCOCC4)CC2)CCCO3)cn1. The minimum Gasteiger partial charge on any atom is -0.491 e. The molecule has 260 valence electrons. The van der Waals surface area contributed by atoms with E-state index in [-0.39, 0.29) is 8.46 Å². The number of piperidine rings is 1. The van der Waals surface area contributed by atoms with E-state index in [4.69, 9.17) is 19.4 Å². The van der Waals surface area contributed by atoms with Crippen molar-refractivity contribution in [3.8, 4) is 16.9 Å². The molecule has 15 heteroatoms. The summed E-state index contributed by atoms with van der Waals surface area (Å²) in [6.07, 6.45) is 13.1. The van der Waals surface area contributed by atoms with Crippen LogP contribution in [-0.4, -0.2) is 91.6 Å². The van der Waals surface area contributed by atoms with E-state index in [1.165, 1.54) is 11.3 Å². The fraction of sp³-hybridized carbons (Fsp3) is 0.361. The Balaban J connectivity index is 1.09. The molecule has 14 nitrogen and oxygen atoms in total. The number of H-pyrrole nitrogens is 1. The zero-order valence-electron chi connectivity index (χ0n) is 28.3. The van der Waals surface area contributed by atoms with Crippen LogP contribution in [-0.2, 0) is 22.8 Å². The van der Waals surface area contributed by atoms with Crippen molar-refractivity contribution in [1.82, 2.24) is 39.6 Å². The molecule has 4 aromatic heterocycles. The van der Waals surface area contributed by atoms with E-state index in [0.717, 1.165) is 93.0 Å². The molecule has 2 saturated heterocycles. The Morgan fingerprint density at radius 1 is 0.980 bits per heavy atom. The van der Waals surface area contributed by atoms with Crippen LogP contribution >= 0.6 is 8.46 Å². The number of morpholine rings is 1. The highest BCUT2D eigenvalue weighted by atomic mass is 31.1. The van der Waals surface area contributed by atoms with E-state index >= 15 is 0 Å². The van der Waals surface area contributed by atoms with Crippen LogP contribution in [0.4, 0.5) is 28.8 Å². The molecule has 9 rings (SSSR count). The summed E-state index contributed by atoms with van der Waals surface area (Å²) in [5, 5.41) is 12.8. The van der Waals surface area contributed by atoms with Gasteiger partial charge in [-0.2, -0.15) is 15.1 Å². The summed E-state index contributed by atoms with van der Waals surface area (Å²) in [5.41, 5.74) is 7.88. The minimum absolute atomic E-state index is 0.178. The van der Waals surface area contributed by atoms with Crippen molar-refractivity contribution in [2.75, 3.05) is 61.5 Å². The van der Waals surface area contributed by atoms with Gasteiger partial charge in [-0.3, -0.25) is 24.1 Å². The lowest BCUT2D eigenvalue weighted by Crippen LogP contribution is -2.49. The third-order valence-corrected chi connectivity index (χ3v) is 10.8. The Morgan fingerprint density at radius 3 is 2.67 bits per heavy atom. The number of nitrogens with one attached hydrogen (secondary N) is 3. The number of hydrogen-bond donors (Lipinski definition) is 3. The van der Waals surface area contributed by atoms with Gasteiger partial charge in [-0.25, -0.2) is 0 Å². The van der Waals surface area contributed by atoms with E-state index in [1.807, 2.05) is 42.3 Å². The number of fused-ring (bicyclic) bond motifs is 3. The summed E-state index contributed by atoms with van der Waals surface area (Å²) in [4.78, 5) is 27.0. The monoisotopic (exact) mass is 703 g/mol. The second kappa shape index (κ2) is 13.5. The normalized spacial score (nSPS) is 17.2. The Morgan fingerprint density at radius 2 is 1.84 bits per heavy atom. The number of aromatic amines is 1. The number of aromatic nitrogens is 7. The predicted molar refractivity (Wildman–Crippen MR) is 197 cm³/mol. The van der Waals surface area contributed by atoms with Crippen LogP contribution in [0.2, 0.25) is 0 Å². The zero-order valence-corrected chi connectivity index (χ0v) is 29.2. The van der Waals surface area contributed by atoms with Gasteiger partial charge in [-0.1, -0.05) is 0 Å². The number of ether oxygens (including phenoxy) is 2. The van der Waals surface area contributed by atoms with E-state index in [1.54, 1.807) is 12.4 Å². The molecule has 7 heterocycles. The summed E-state index contributed by atoms with van der Waals surface area (Å²) in [6.45, 7) is 6.25. The van der Waals surface area contributed by atoms with Gasteiger partial charge >= 0.3 is 0 Å². The maximum absolute atomic E-state index is 12.4. The maximum Gasteiger partial charge on any atom is 0.231 e. The second-order valence-electron chi connectivity index (χ2n) is 13.2. The number of nitrogens with zero attached hydrogens (tertiary/aromatic N) is 8. The van der Waals surface area contributed by atoms with Crippen molar-refractivity contribution in [2.45, 2.75) is 31.7 Å². The fourth-order valence-electron chi connectivity index (χ4n) is 7.72. The van der Waals surface area contributed by atoms with Crippen molar-refractivity contribution >= 4 is 64.7 Å². The quantitative estimate of drug-likeness (QED) is 0.176. The molecule has 51 heavy (non-hydrogen) atoms. The third kappa shape index (κ3) is 6.02. The Kier molecular flexibility index (Phi) is 8.42. The second-order valence-corrected chi connectivity index (χ2v) is 13.8. The lowest BCUT2D eigenvalue weighted by atomic mass is 9.92. The molecule has 0 spiro atoms. The third-order valence-electron chi connectivity index (χ3n) is 10.1. The molecule has 2 fully saturated rings. The van der Waals surface area contributed by atoms with Gasteiger partial charge in [0.2, 0.25) is 5.95 Å². The number of aryl methyl sites for hydroxylation is 1. The molecule has 0 bridgehead atoms. The smallest absolute Gasteiger partial charge is 0.231 e. The van der Waals surface area contributed by atoms with E-state index in [9.17, 15) is 4.57 Å². The van der Waals surface area contributed by atoms with E-state index in [2.05, 4.69) is 52.7 Å². The maximum atomic E-state index is 12.4. The zero-order chi connectivity index (χ0) is 34.3. The lowest BCUT2D eigenvalue weighted by molar-refractivity contribution is 0.0115. The predicted octanol–water partition coefficient (Wildman–Crippen LogP) is 5.33. The standard InChI is InChI=1S/C36H38N11O3P/c1-45-21-22(20-40-45)26-19-29(32-24(3-2-16-50-32)31(26)47-12-7-23(8-13-47)46-14-17-49-18-15-46)42-36-43-34-25(6-9-39-34)35(44-36)41-28-5-4-27-30(33(28)51-48)38-11-10-37-27/h4-6,9-11,19-21,23H,2-3,7-8,12-18H2,1H3,(H3,39,41,42,43,44). The van der Waals surface area contributed by atoms with Crippen molar-refractivity contribution < 1.29 is 14.0 Å². The number of hydrogen-bond acceptors (Lipinski definition) is 12. The van der Waals surface area contributed by atoms with Crippen LogP contribution in [0.5, 0.6) is 5.75 Å². The molecular formula is C36H38N11O3P. The van der Waals surface area contributed by atoms with Crippen LogP contribution in [0.3, 0.4) is 0 Å². The van der Waals surface area contributed by atoms with Gasteiger partial charge in [-0.15, -0.1) is 0 Å². The molecule has 3 aliphatic heterocycles.